The number of nitrogens with two attached hydrogens (primary N) is 1. The maximum absolute atomic E-state index is 5.54. The Bertz CT molecular complexity index is 422. The third-order valence-electron chi connectivity index (χ3n) is 2.03. The van der Waals surface area contributed by atoms with E-state index in [2.05, 4.69) is 26.1 Å². The zero-order chi connectivity index (χ0) is 9.97. The molecule has 2 aromatic rings. The quantitative estimate of drug-likeness (QED) is 0.861. The second-order valence-corrected chi connectivity index (χ2v) is 3.73. The second kappa shape index (κ2) is 3.94. The lowest BCUT2D eigenvalue weighted by atomic mass is 10.1. The molecular formula is C10H10BrN3. The van der Waals surface area contributed by atoms with Gasteiger partial charge >= 0.3 is 0 Å². The SMILES string of the molecule is NCc1[nH]nc(-c2ccccc2)c1Br. The lowest BCUT2D eigenvalue weighted by Gasteiger charge is -1.96. The van der Waals surface area contributed by atoms with Crippen molar-refractivity contribution in [2.75, 3.05) is 0 Å². The normalized spacial score (nSPS) is 10.4. The minimum absolute atomic E-state index is 0.459. The average Bonchev–Trinajstić information content (AvgIpc) is 2.61. The smallest absolute Gasteiger partial charge is 0.107 e. The van der Waals surface area contributed by atoms with Crippen LogP contribution in [0.25, 0.3) is 11.3 Å². The number of hydrogen-bond donors (Lipinski definition) is 2. The molecular weight excluding hydrogens is 242 g/mol. The first-order valence-corrected chi connectivity index (χ1v) is 5.10. The number of aromatic amines is 1. The molecule has 1 heterocycles. The van der Waals surface area contributed by atoms with Gasteiger partial charge in [-0.05, 0) is 15.9 Å². The highest BCUT2D eigenvalue weighted by Crippen LogP contribution is 2.28. The van der Waals surface area contributed by atoms with E-state index in [9.17, 15) is 0 Å². The van der Waals surface area contributed by atoms with Crippen molar-refractivity contribution in [3.05, 3.63) is 40.5 Å². The van der Waals surface area contributed by atoms with Crippen LogP contribution in [0, 0.1) is 0 Å². The van der Waals surface area contributed by atoms with Gasteiger partial charge in [0.2, 0.25) is 0 Å². The molecule has 0 atom stereocenters. The Labute approximate surface area is 90.5 Å². The highest BCUT2D eigenvalue weighted by molar-refractivity contribution is 9.10. The van der Waals surface area contributed by atoms with E-state index in [-0.39, 0.29) is 0 Å². The maximum atomic E-state index is 5.54. The topological polar surface area (TPSA) is 54.7 Å². The summed E-state index contributed by atoms with van der Waals surface area (Å²) in [5.41, 5.74) is 8.45. The molecule has 14 heavy (non-hydrogen) atoms. The number of rotatable bonds is 2. The van der Waals surface area contributed by atoms with Crippen molar-refractivity contribution in [3.63, 3.8) is 0 Å². The van der Waals surface area contributed by atoms with E-state index in [0.29, 0.717) is 6.54 Å². The van der Waals surface area contributed by atoms with Crippen molar-refractivity contribution in [1.82, 2.24) is 10.2 Å². The summed E-state index contributed by atoms with van der Waals surface area (Å²) >= 11 is 3.47. The third kappa shape index (κ3) is 1.58. The Hall–Kier alpha value is -1.13. The van der Waals surface area contributed by atoms with Crippen molar-refractivity contribution >= 4 is 15.9 Å². The first kappa shape index (κ1) is 9.43. The molecule has 72 valence electrons. The summed E-state index contributed by atoms with van der Waals surface area (Å²) in [6.45, 7) is 0.459. The van der Waals surface area contributed by atoms with Crippen molar-refractivity contribution < 1.29 is 0 Å². The molecule has 4 heteroatoms. The first-order chi connectivity index (χ1) is 6.83. The van der Waals surface area contributed by atoms with E-state index in [1.165, 1.54) is 0 Å². The molecule has 0 saturated heterocycles. The summed E-state index contributed by atoms with van der Waals surface area (Å²) in [5, 5.41) is 7.11. The molecule has 0 aliphatic heterocycles. The van der Waals surface area contributed by atoms with Gasteiger partial charge < -0.3 is 5.73 Å². The lowest BCUT2D eigenvalue weighted by Crippen LogP contribution is -1.96. The number of aromatic nitrogens is 2. The van der Waals surface area contributed by atoms with Gasteiger partial charge in [0.15, 0.2) is 0 Å². The predicted octanol–water partition coefficient (Wildman–Crippen LogP) is 2.30. The summed E-state index contributed by atoms with van der Waals surface area (Å²) < 4.78 is 0.950. The lowest BCUT2D eigenvalue weighted by molar-refractivity contribution is 0.945. The van der Waals surface area contributed by atoms with E-state index >= 15 is 0 Å². The summed E-state index contributed by atoms with van der Waals surface area (Å²) in [4.78, 5) is 0. The molecule has 0 radical (unpaired) electrons. The minimum atomic E-state index is 0.459. The second-order valence-electron chi connectivity index (χ2n) is 2.93. The van der Waals surface area contributed by atoms with Gasteiger partial charge in [-0.3, -0.25) is 5.10 Å². The van der Waals surface area contributed by atoms with Gasteiger partial charge in [0.05, 0.1) is 10.2 Å². The third-order valence-corrected chi connectivity index (χ3v) is 2.88. The van der Waals surface area contributed by atoms with Gasteiger partial charge in [-0.15, -0.1) is 0 Å². The molecule has 0 unspecified atom stereocenters. The van der Waals surface area contributed by atoms with Gasteiger partial charge in [0, 0.05) is 12.1 Å². The van der Waals surface area contributed by atoms with Crippen molar-refractivity contribution in [1.29, 1.82) is 0 Å². The van der Waals surface area contributed by atoms with Crippen LogP contribution < -0.4 is 5.73 Å². The Morgan fingerprint density at radius 2 is 2.00 bits per heavy atom. The van der Waals surface area contributed by atoms with E-state index in [1.807, 2.05) is 30.3 Å². The molecule has 2 rings (SSSR count). The molecule has 0 saturated carbocycles. The van der Waals surface area contributed by atoms with Crippen LogP contribution in [0.3, 0.4) is 0 Å². The molecule has 0 fully saturated rings. The molecule has 0 spiro atoms. The zero-order valence-corrected chi connectivity index (χ0v) is 9.08. The van der Waals surface area contributed by atoms with Crippen LogP contribution >= 0.6 is 15.9 Å². The Balaban J connectivity index is 2.48. The van der Waals surface area contributed by atoms with Crippen LogP contribution in [-0.4, -0.2) is 10.2 Å². The van der Waals surface area contributed by atoms with Crippen LogP contribution in [0.1, 0.15) is 5.69 Å². The van der Waals surface area contributed by atoms with Gasteiger partial charge in [0.1, 0.15) is 5.69 Å². The Kier molecular flexibility index (Phi) is 2.65. The van der Waals surface area contributed by atoms with Gasteiger partial charge in [-0.25, -0.2) is 0 Å². The summed E-state index contributed by atoms with van der Waals surface area (Å²) in [7, 11) is 0. The largest absolute Gasteiger partial charge is 0.325 e. The van der Waals surface area contributed by atoms with Crippen molar-refractivity contribution in [2.24, 2.45) is 5.73 Å². The summed E-state index contributed by atoms with van der Waals surface area (Å²) in [6.07, 6.45) is 0. The Morgan fingerprint density at radius 3 is 2.57 bits per heavy atom. The molecule has 1 aromatic carbocycles. The highest BCUT2D eigenvalue weighted by atomic mass is 79.9. The minimum Gasteiger partial charge on any atom is -0.325 e. The number of hydrogen-bond acceptors (Lipinski definition) is 2. The van der Waals surface area contributed by atoms with Crippen LogP contribution in [0.5, 0.6) is 0 Å². The van der Waals surface area contributed by atoms with E-state index in [1.54, 1.807) is 0 Å². The van der Waals surface area contributed by atoms with Crippen LogP contribution in [0.4, 0.5) is 0 Å². The molecule has 0 aliphatic rings. The average molecular weight is 252 g/mol. The van der Waals surface area contributed by atoms with Crippen molar-refractivity contribution in [2.45, 2.75) is 6.54 Å². The molecule has 1 aromatic heterocycles. The number of halogens is 1. The van der Waals surface area contributed by atoms with Gasteiger partial charge in [0.25, 0.3) is 0 Å². The molecule has 0 amide bonds. The van der Waals surface area contributed by atoms with Crippen LogP contribution in [0.2, 0.25) is 0 Å². The van der Waals surface area contributed by atoms with E-state index in [4.69, 9.17) is 5.73 Å². The number of nitrogens with zero attached hydrogens (tertiary/aromatic N) is 1. The molecule has 0 aliphatic carbocycles. The van der Waals surface area contributed by atoms with Crippen molar-refractivity contribution in [3.8, 4) is 11.3 Å². The van der Waals surface area contributed by atoms with Crippen LogP contribution in [0.15, 0.2) is 34.8 Å². The standard InChI is InChI=1S/C10H10BrN3/c11-9-8(6-12)13-14-10(9)7-4-2-1-3-5-7/h1-5H,6,12H2,(H,13,14). The number of nitrogens with one attached hydrogen (secondary N) is 1. The van der Waals surface area contributed by atoms with E-state index in [0.717, 1.165) is 21.4 Å². The monoisotopic (exact) mass is 251 g/mol. The summed E-state index contributed by atoms with van der Waals surface area (Å²) in [5.74, 6) is 0. The fraction of sp³-hybridized carbons (Fsp3) is 0.100. The number of H-pyrrole nitrogens is 1. The van der Waals surface area contributed by atoms with Crippen LogP contribution in [-0.2, 0) is 6.54 Å². The first-order valence-electron chi connectivity index (χ1n) is 4.31. The highest BCUT2D eigenvalue weighted by Gasteiger charge is 2.10. The fourth-order valence-electron chi connectivity index (χ4n) is 1.29. The van der Waals surface area contributed by atoms with Gasteiger partial charge in [-0.1, -0.05) is 30.3 Å². The number of benzene rings is 1. The summed E-state index contributed by atoms with van der Waals surface area (Å²) in [6, 6.07) is 9.98. The molecule has 0 bridgehead atoms. The predicted molar refractivity (Wildman–Crippen MR) is 59.6 cm³/mol. The fourth-order valence-corrected chi connectivity index (χ4v) is 1.86. The molecule has 3 nitrogen and oxygen atoms in total. The Morgan fingerprint density at radius 1 is 1.29 bits per heavy atom. The molecule has 3 N–H and O–H groups in total. The van der Waals surface area contributed by atoms with E-state index < -0.39 is 0 Å². The zero-order valence-electron chi connectivity index (χ0n) is 7.50. The van der Waals surface area contributed by atoms with Gasteiger partial charge in [-0.2, -0.15) is 5.10 Å². The maximum Gasteiger partial charge on any atom is 0.107 e.